The van der Waals surface area contributed by atoms with E-state index in [9.17, 15) is 9.90 Å². The summed E-state index contributed by atoms with van der Waals surface area (Å²) in [5.41, 5.74) is 9.90. The van der Waals surface area contributed by atoms with Crippen molar-refractivity contribution in [2.75, 3.05) is 18.1 Å². The zero-order chi connectivity index (χ0) is 39.6. The molecule has 0 fully saturated rings. The molecule has 0 aliphatic carbocycles. The first-order chi connectivity index (χ1) is 26.8. The Hall–Kier alpha value is -5.65. The lowest BCUT2D eigenvalue weighted by molar-refractivity contribution is 0.0686. The fraction of sp³-hybridized carbons (Fsp3) is 0.279. The molecule has 1 amide bonds. The molecular weight excluding hydrogens is 749 g/mol. The third-order valence-corrected chi connectivity index (χ3v) is 11.8. The van der Waals surface area contributed by atoms with Gasteiger partial charge in [-0.3, -0.25) is 9.48 Å². The van der Waals surface area contributed by atoms with E-state index in [0.717, 1.165) is 60.9 Å². The molecule has 0 spiro atoms. The Bertz CT molecular complexity index is 2690. The van der Waals surface area contributed by atoms with E-state index in [0.29, 0.717) is 59.0 Å². The van der Waals surface area contributed by atoms with Crippen molar-refractivity contribution in [2.45, 2.75) is 60.0 Å². The normalized spacial score (nSPS) is 14.2. The Morgan fingerprint density at radius 2 is 1.77 bits per heavy atom. The number of hydrogen-bond donors (Lipinski definition) is 1. The molecule has 1 atom stereocenters. The number of benzene rings is 3. The number of carboxylic acids is 1. The van der Waals surface area contributed by atoms with E-state index < -0.39 is 5.97 Å². The van der Waals surface area contributed by atoms with E-state index in [-0.39, 0.29) is 24.2 Å². The van der Waals surface area contributed by atoms with Crippen LogP contribution in [-0.4, -0.2) is 59.0 Å². The molecule has 7 aromatic rings. The summed E-state index contributed by atoms with van der Waals surface area (Å²) in [4.78, 5) is 38.1. The standard InChI is InChI=1S/C43H41Cl2N7O4/c1-23-17-30(18-24(2)38(23)45)56-16-8-10-31-32-12-13-33(44)37(36-26(4)48-49(6)27(36)5)40(32)52-25(3)20-51(42(53)41(31)52)34-11-7-9-28-19-35(43(54)55)50(39(28)34)21-29-14-15-46-22-47-29/h7,9,11-15,17-19,22,25H,8,10,16,20-21H2,1-6H3,(H,54,55)/t25-/m1/s1. The number of fused-ring (bicyclic) bond motifs is 4. The number of para-hydroxylation sites is 1. The van der Waals surface area contributed by atoms with Gasteiger partial charge in [-0.25, -0.2) is 14.8 Å². The third-order valence-electron chi connectivity index (χ3n) is 10.9. The van der Waals surface area contributed by atoms with Crippen molar-refractivity contribution < 1.29 is 19.4 Å². The highest BCUT2D eigenvalue weighted by Crippen LogP contribution is 2.46. The molecule has 286 valence electrons. The predicted octanol–water partition coefficient (Wildman–Crippen LogP) is 9.31. The summed E-state index contributed by atoms with van der Waals surface area (Å²) in [5.74, 6) is -0.502. The van der Waals surface area contributed by atoms with E-state index in [4.69, 9.17) is 33.0 Å². The minimum atomic E-state index is -1.07. The fourth-order valence-corrected chi connectivity index (χ4v) is 8.73. The summed E-state index contributed by atoms with van der Waals surface area (Å²) in [6.45, 7) is 11.0. The van der Waals surface area contributed by atoms with Gasteiger partial charge in [-0.15, -0.1) is 0 Å². The Morgan fingerprint density at radius 1 is 1.00 bits per heavy atom. The fourth-order valence-electron chi connectivity index (χ4n) is 8.37. The molecule has 5 heterocycles. The molecule has 0 saturated heterocycles. The van der Waals surface area contributed by atoms with Crippen molar-refractivity contribution in [1.29, 1.82) is 0 Å². The van der Waals surface area contributed by atoms with Crippen LogP contribution < -0.4 is 9.64 Å². The van der Waals surface area contributed by atoms with Crippen molar-refractivity contribution in [3.8, 4) is 16.9 Å². The summed E-state index contributed by atoms with van der Waals surface area (Å²) in [6.07, 6.45) is 4.26. The number of aromatic carboxylic acids is 1. The lowest BCUT2D eigenvalue weighted by atomic mass is 9.98. The van der Waals surface area contributed by atoms with E-state index in [2.05, 4.69) is 21.5 Å². The molecule has 0 saturated carbocycles. The average molecular weight is 791 g/mol. The first-order valence-corrected chi connectivity index (χ1v) is 19.3. The quantitative estimate of drug-likeness (QED) is 0.137. The Balaban J connectivity index is 1.28. The summed E-state index contributed by atoms with van der Waals surface area (Å²) < 4.78 is 12.0. The molecule has 1 N–H and O–H groups in total. The molecule has 56 heavy (non-hydrogen) atoms. The number of aryl methyl sites for hydroxylation is 5. The number of halogens is 2. The van der Waals surface area contributed by atoms with Gasteiger partial charge in [0.1, 0.15) is 23.5 Å². The molecular formula is C43H41Cl2N7O4. The van der Waals surface area contributed by atoms with Gasteiger partial charge in [0.15, 0.2) is 0 Å². The molecule has 1 aliphatic rings. The van der Waals surface area contributed by atoms with Gasteiger partial charge >= 0.3 is 5.97 Å². The summed E-state index contributed by atoms with van der Waals surface area (Å²) >= 11 is 13.5. The van der Waals surface area contributed by atoms with Crippen molar-refractivity contribution in [3.05, 3.63) is 122 Å². The van der Waals surface area contributed by atoms with Crippen LogP contribution in [0.2, 0.25) is 10.0 Å². The molecule has 1 aliphatic heterocycles. The van der Waals surface area contributed by atoms with Crippen molar-refractivity contribution in [3.63, 3.8) is 0 Å². The molecule has 3 aromatic carbocycles. The molecule has 4 aromatic heterocycles. The second kappa shape index (κ2) is 14.5. The number of aromatic nitrogens is 6. The minimum Gasteiger partial charge on any atom is -0.494 e. The Labute approximate surface area is 334 Å². The molecule has 0 radical (unpaired) electrons. The number of carbonyl (C=O) groups is 2. The first kappa shape index (κ1) is 37.3. The molecule has 13 heteroatoms. The second-order valence-corrected chi connectivity index (χ2v) is 15.4. The Kier molecular flexibility index (Phi) is 9.62. The number of amides is 1. The van der Waals surface area contributed by atoms with Crippen LogP contribution in [0.15, 0.2) is 67.1 Å². The molecule has 11 nitrogen and oxygen atoms in total. The topological polar surface area (TPSA) is 120 Å². The van der Waals surface area contributed by atoms with Crippen LogP contribution in [0.5, 0.6) is 5.75 Å². The lowest BCUT2D eigenvalue weighted by Gasteiger charge is -2.35. The van der Waals surface area contributed by atoms with Crippen LogP contribution in [0.1, 0.15) is 74.1 Å². The van der Waals surface area contributed by atoms with Crippen LogP contribution in [0, 0.1) is 27.7 Å². The van der Waals surface area contributed by atoms with Crippen LogP contribution >= 0.6 is 23.2 Å². The van der Waals surface area contributed by atoms with E-state index >= 15 is 4.79 Å². The predicted molar refractivity (Wildman–Crippen MR) is 220 cm³/mol. The van der Waals surface area contributed by atoms with Gasteiger partial charge in [-0.2, -0.15) is 5.10 Å². The maximum Gasteiger partial charge on any atom is 0.352 e. The molecule has 0 bridgehead atoms. The summed E-state index contributed by atoms with van der Waals surface area (Å²) in [6, 6.07) is 16.7. The SMILES string of the molecule is Cc1cc(OCCCc2c3n(c4c(-c5c(C)nn(C)c5C)c(Cl)ccc24)[C@H](C)CN(c2cccc4cc(C(=O)O)n(Cc5ccncn5)c24)C3=O)cc(C)c1Cl. The smallest absolute Gasteiger partial charge is 0.352 e. The van der Waals surface area contributed by atoms with Crippen LogP contribution in [0.4, 0.5) is 5.69 Å². The minimum absolute atomic E-state index is 0.103. The van der Waals surface area contributed by atoms with Gasteiger partial charge in [0.2, 0.25) is 0 Å². The highest BCUT2D eigenvalue weighted by atomic mass is 35.5. The summed E-state index contributed by atoms with van der Waals surface area (Å²) in [7, 11) is 1.92. The molecule has 8 rings (SSSR count). The van der Waals surface area contributed by atoms with E-state index in [1.54, 1.807) is 27.8 Å². The number of hydrogen-bond acceptors (Lipinski definition) is 6. The number of carboxylic acid groups (broad SMARTS) is 1. The van der Waals surface area contributed by atoms with Crippen molar-refractivity contribution in [2.24, 2.45) is 7.05 Å². The van der Waals surface area contributed by atoms with Gasteiger partial charge in [-0.1, -0.05) is 41.4 Å². The van der Waals surface area contributed by atoms with Gasteiger partial charge in [0, 0.05) is 58.4 Å². The number of carbonyl (C=O) groups excluding carboxylic acids is 1. The third kappa shape index (κ3) is 6.19. The zero-order valence-electron chi connectivity index (χ0n) is 32.0. The first-order valence-electron chi connectivity index (χ1n) is 18.5. The monoisotopic (exact) mass is 789 g/mol. The van der Waals surface area contributed by atoms with Gasteiger partial charge in [-0.05, 0) is 101 Å². The van der Waals surface area contributed by atoms with Gasteiger partial charge < -0.3 is 23.9 Å². The maximum absolute atomic E-state index is 15.3. The van der Waals surface area contributed by atoms with Gasteiger partial charge in [0.05, 0.1) is 46.3 Å². The van der Waals surface area contributed by atoms with Crippen LogP contribution in [0.25, 0.3) is 32.9 Å². The number of ether oxygens (including phenoxy) is 1. The van der Waals surface area contributed by atoms with E-state index in [1.165, 1.54) is 6.33 Å². The average Bonchev–Trinajstić information content (AvgIpc) is 3.79. The van der Waals surface area contributed by atoms with E-state index in [1.807, 2.05) is 81.9 Å². The highest BCUT2D eigenvalue weighted by Gasteiger charge is 2.38. The maximum atomic E-state index is 15.3. The summed E-state index contributed by atoms with van der Waals surface area (Å²) in [5, 5.41) is 18.0. The van der Waals surface area contributed by atoms with Crippen LogP contribution in [0.3, 0.4) is 0 Å². The second-order valence-electron chi connectivity index (χ2n) is 14.6. The number of nitrogens with zero attached hydrogens (tertiary/aromatic N) is 7. The molecule has 0 unspecified atom stereocenters. The number of anilines is 1. The lowest BCUT2D eigenvalue weighted by Crippen LogP contribution is -2.43. The largest absolute Gasteiger partial charge is 0.494 e. The van der Waals surface area contributed by atoms with Gasteiger partial charge in [0.25, 0.3) is 5.91 Å². The van der Waals surface area contributed by atoms with Crippen molar-refractivity contribution in [1.82, 2.24) is 28.9 Å². The van der Waals surface area contributed by atoms with Crippen LogP contribution in [-0.2, 0) is 20.0 Å². The zero-order valence-corrected chi connectivity index (χ0v) is 33.5. The Morgan fingerprint density at radius 3 is 2.45 bits per heavy atom. The van der Waals surface area contributed by atoms with Crippen molar-refractivity contribution >= 4 is 62.6 Å². The highest BCUT2D eigenvalue weighted by molar-refractivity contribution is 6.35. The number of rotatable bonds is 10.